The summed E-state index contributed by atoms with van der Waals surface area (Å²) in [6, 6.07) is 5.46. The van der Waals surface area contributed by atoms with Gasteiger partial charge in [-0.15, -0.1) is 0 Å². The fourth-order valence-corrected chi connectivity index (χ4v) is 1.72. The first-order chi connectivity index (χ1) is 8.63. The number of amides is 1. The van der Waals surface area contributed by atoms with Crippen LogP contribution in [-0.2, 0) is 9.53 Å². The van der Waals surface area contributed by atoms with Crippen LogP contribution in [0, 0.1) is 0 Å². The Morgan fingerprint density at radius 2 is 2.28 bits per heavy atom. The topological polar surface area (TPSA) is 50.4 Å². The predicted octanol–water partition coefficient (Wildman–Crippen LogP) is 2.67. The summed E-state index contributed by atoms with van der Waals surface area (Å²) >= 11 is 9.25. The van der Waals surface area contributed by atoms with Gasteiger partial charge < -0.3 is 15.4 Å². The Balaban J connectivity index is 2.27. The molecule has 0 radical (unpaired) electrons. The smallest absolute Gasteiger partial charge is 0.239 e. The highest BCUT2D eigenvalue weighted by molar-refractivity contribution is 9.10. The normalized spacial score (nSPS) is 10.2. The van der Waals surface area contributed by atoms with Gasteiger partial charge in [0.2, 0.25) is 5.91 Å². The number of methoxy groups -OCH3 is 1. The van der Waals surface area contributed by atoms with Gasteiger partial charge in [-0.3, -0.25) is 4.79 Å². The average molecular weight is 336 g/mol. The number of rotatable bonds is 7. The van der Waals surface area contributed by atoms with Crippen LogP contribution in [0.3, 0.4) is 0 Å². The zero-order valence-electron chi connectivity index (χ0n) is 10.1. The van der Waals surface area contributed by atoms with Crippen LogP contribution in [0.4, 0.5) is 5.69 Å². The summed E-state index contributed by atoms with van der Waals surface area (Å²) in [6.07, 6.45) is 0.812. The number of anilines is 1. The summed E-state index contributed by atoms with van der Waals surface area (Å²) in [7, 11) is 1.64. The molecule has 1 aromatic carbocycles. The molecule has 0 unspecified atom stereocenters. The van der Waals surface area contributed by atoms with Crippen molar-refractivity contribution >= 4 is 39.1 Å². The maximum absolute atomic E-state index is 11.5. The van der Waals surface area contributed by atoms with Gasteiger partial charge in [0.25, 0.3) is 0 Å². The van der Waals surface area contributed by atoms with Crippen molar-refractivity contribution in [3.63, 3.8) is 0 Å². The minimum absolute atomic E-state index is 0.0508. The van der Waals surface area contributed by atoms with Crippen LogP contribution < -0.4 is 10.6 Å². The van der Waals surface area contributed by atoms with Gasteiger partial charge in [0, 0.05) is 30.4 Å². The number of nitrogens with one attached hydrogen (secondary N) is 2. The summed E-state index contributed by atoms with van der Waals surface area (Å²) in [5.41, 5.74) is 0.815. The summed E-state index contributed by atoms with van der Waals surface area (Å²) in [6.45, 7) is 1.50. The van der Waals surface area contributed by atoms with Crippen molar-refractivity contribution in [1.29, 1.82) is 0 Å². The molecule has 0 bridgehead atoms. The lowest BCUT2D eigenvalue weighted by Gasteiger charge is -2.08. The number of carbonyl (C=O) groups is 1. The van der Waals surface area contributed by atoms with E-state index in [-0.39, 0.29) is 12.5 Å². The molecule has 100 valence electrons. The van der Waals surface area contributed by atoms with Crippen LogP contribution in [-0.4, -0.2) is 32.7 Å². The molecule has 2 N–H and O–H groups in total. The molecular weight excluding hydrogens is 320 g/mol. The SMILES string of the molecule is COCCCNC(=O)CNc1ccc(Br)c(Cl)c1. The molecule has 1 rings (SSSR count). The number of hydrogen-bond donors (Lipinski definition) is 2. The van der Waals surface area contributed by atoms with Gasteiger partial charge >= 0.3 is 0 Å². The third-order valence-corrected chi connectivity index (χ3v) is 3.45. The zero-order chi connectivity index (χ0) is 13.4. The fraction of sp³-hybridized carbons (Fsp3) is 0.417. The Morgan fingerprint density at radius 3 is 2.94 bits per heavy atom. The summed E-state index contributed by atoms with van der Waals surface area (Å²) in [5, 5.41) is 6.41. The lowest BCUT2D eigenvalue weighted by molar-refractivity contribution is -0.119. The second kappa shape index (κ2) is 8.34. The minimum Gasteiger partial charge on any atom is -0.385 e. The van der Waals surface area contributed by atoms with Crippen molar-refractivity contribution in [2.75, 3.05) is 32.1 Å². The molecule has 0 aliphatic carbocycles. The number of benzene rings is 1. The predicted molar refractivity (Wildman–Crippen MR) is 77.1 cm³/mol. The first-order valence-electron chi connectivity index (χ1n) is 5.58. The molecule has 18 heavy (non-hydrogen) atoms. The van der Waals surface area contributed by atoms with E-state index in [0.29, 0.717) is 18.2 Å². The third-order valence-electron chi connectivity index (χ3n) is 2.22. The van der Waals surface area contributed by atoms with Crippen molar-refractivity contribution in [2.45, 2.75) is 6.42 Å². The van der Waals surface area contributed by atoms with E-state index in [9.17, 15) is 4.79 Å². The van der Waals surface area contributed by atoms with Gasteiger partial charge in [0.05, 0.1) is 11.6 Å². The molecule has 0 aliphatic heterocycles. The van der Waals surface area contributed by atoms with Crippen molar-refractivity contribution in [1.82, 2.24) is 5.32 Å². The first kappa shape index (κ1) is 15.3. The summed E-state index contributed by atoms with van der Waals surface area (Å²) < 4.78 is 5.72. The third kappa shape index (κ3) is 5.71. The molecule has 0 heterocycles. The second-order valence-corrected chi connectivity index (χ2v) is 4.94. The number of hydrogen-bond acceptors (Lipinski definition) is 3. The van der Waals surface area contributed by atoms with Crippen LogP contribution >= 0.6 is 27.5 Å². The molecule has 0 atom stereocenters. The van der Waals surface area contributed by atoms with Crippen LogP contribution in [0.2, 0.25) is 5.02 Å². The zero-order valence-corrected chi connectivity index (χ0v) is 12.5. The highest BCUT2D eigenvalue weighted by atomic mass is 79.9. The lowest BCUT2D eigenvalue weighted by atomic mass is 10.3. The van der Waals surface area contributed by atoms with E-state index in [2.05, 4.69) is 26.6 Å². The molecule has 1 aromatic rings. The van der Waals surface area contributed by atoms with Crippen LogP contribution in [0.5, 0.6) is 0 Å². The van der Waals surface area contributed by atoms with Gasteiger partial charge in [0.15, 0.2) is 0 Å². The van der Waals surface area contributed by atoms with Crippen LogP contribution in [0.1, 0.15) is 6.42 Å². The number of ether oxygens (including phenoxy) is 1. The highest BCUT2D eigenvalue weighted by Crippen LogP contribution is 2.25. The van der Waals surface area contributed by atoms with Gasteiger partial charge in [-0.25, -0.2) is 0 Å². The molecule has 0 spiro atoms. The molecule has 0 saturated carbocycles. The van der Waals surface area contributed by atoms with E-state index in [1.807, 2.05) is 12.1 Å². The molecule has 0 aliphatic rings. The van der Waals surface area contributed by atoms with E-state index in [4.69, 9.17) is 16.3 Å². The number of carbonyl (C=O) groups excluding carboxylic acids is 1. The molecule has 0 fully saturated rings. The van der Waals surface area contributed by atoms with E-state index >= 15 is 0 Å². The molecule has 4 nitrogen and oxygen atoms in total. The Morgan fingerprint density at radius 1 is 1.50 bits per heavy atom. The summed E-state index contributed by atoms with van der Waals surface area (Å²) in [5.74, 6) is -0.0508. The van der Waals surface area contributed by atoms with Crippen molar-refractivity contribution in [3.05, 3.63) is 27.7 Å². The van der Waals surface area contributed by atoms with E-state index < -0.39 is 0 Å². The highest BCUT2D eigenvalue weighted by Gasteiger charge is 2.02. The Hall–Kier alpha value is -0.780. The number of halogens is 2. The monoisotopic (exact) mass is 334 g/mol. The van der Waals surface area contributed by atoms with Gasteiger partial charge in [-0.05, 0) is 40.5 Å². The fourth-order valence-electron chi connectivity index (χ4n) is 1.30. The molecule has 0 saturated heterocycles. The van der Waals surface area contributed by atoms with Crippen LogP contribution in [0.15, 0.2) is 22.7 Å². The van der Waals surface area contributed by atoms with E-state index in [0.717, 1.165) is 16.6 Å². The first-order valence-corrected chi connectivity index (χ1v) is 6.75. The van der Waals surface area contributed by atoms with Crippen molar-refractivity contribution in [3.8, 4) is 0 Å². The molecule has 1 amide bonds. The maximum Gasteiger partial charge on any atom is 0.239 e. The summed E-state index contributed by atoms with van der Waals surface area (Å²) in [4.78, 5) is 11.5. The Kier molecular flexibility index (Phi) is 7.08. The van der Waals surface area contributed by atoms with Crippen LogP contribution in [0.25, 0.3) is 0 Å². The molecular formula is C12H16BrClN2O2. The largest absolute Gasteiger partial charge is 0.385 e. The Labute approximate surface area is 120 Å². The van der Waals surface area contributed by atoms with Crippen molar-refractivity contribution in [2.24, 2.45) is 0 Å². The van der Waals surface area contributed by atoms with Gasteiger partial charge in [-0.1, -0.05) is 11.6 Å². The van der Waals surface area contributed by atoms with Gasteiger partial charge in [0.1, 0.15) is 0 Å². The molecule has 0 aromatic heterocycles. The minimum atomic E-state index is -0.0508. The lowest BCUT2D eigenvalue weighted by Crippen LogP contribution is -2.31. The maximum atomic E-state index is 11.5. The van der Waals surface area contributed by atoms with Gasteiger partial charge in [-0.2, -0.15) is 0 Å². The van der Waals surface area contributed by atoms with Crippen molar-refractivity contribution < 1.29 is 9.53 Å². The quantitative estimate of drug-likeness (QED) is 0.753. The molecule has 6 heteroatoms. The average Bonchev–Trinajstić information content (AvgIpc) is 2.36. The second-order valence-electron chi connectivity index (χ2n) is 3.68. The van der Waals surface area contributed by atoms with E-state index in [1.165, 1.54) is 0 Å². The standard InChI is InChI=1S/C12H16BrClN2O2/c1-18-6-2-5-15-12(17)8-16-9-3-4-10(13)11(14)7-9/h3-4,7,16H,2,5-6,8H2,1H3,(H,15,17). The van der Waals surface area contributed by atoms with E-state index in [1.54, 1.807) is 13.2 Å². The Bertz CT molecular complexity index is 402.